The summed E-state index contributed by atoms with van der Waals surface area (Å²) in [6.45, 7) is 2.09. The topological polar surface area (TPSA) is 66.4 Å². The fourth-order valence-corrected chi connectivity index (χ4v) is 3.18. The van der Waals surface area contributed by atoms with Crippen molar-refractivity contribution in [3.05, 3.63) is 35.4 Å². The minimum Gasteiger partial charge on any atom is -0.481 e. The predicted molar refractivity (Wildman–Crippen MR) is 85.7 cm³/mol. The number of benzene rings is 1. The first kappa shape index (κ1) is 16.5. The van der Waals surface area contributed by atoms with Crippen LogP contribution in [0, 0.1) is 5.92 Å². The molecule has 0 aromatic heterocycles. The van der Waals surface area contributed by atoms with E-state index < -0.39 is 11.9 Å². The Morgan fingerprint density at radius 2 is 1.91 bits per heavy atom. The van der Waals surface area contributed by atoms with Crippen LogP contribution in [0.4, 0.5) is 0 Å². The molecule has 1 saturated carbocycles. The Labute approximate surface area is 131 Å². The van der Waals surface area contributed by atoms with Gasteiger partial charge in [-0.15, -0.1) is 0 Å². The molecule has 2 N–H and O–H groups in total. The molecule has 4 nitrogen and oxygen atoms in total. The number of rotatable bonds is 5. The van der Waals surface area contributed by atoms with Crippen molar-refractivity contribution < 1.29 is 14.7 Å². The third-order valence-corrected chi connectivity index (χ3v) is 4.44. The van der Waals surface area contributed by atoms with Crippen molar-refractivity contribution in [2.45, 2.75) is 57.9 Å². The van der Waals surface area contributed by atoms with Gasteiger partial charge in [0.2, 0.25) is 5.91 Å². The standard InChI is InChI=1S/C18H25NO3/c1-2-13-7-6-8-14(11-13)12-17(20)19-16-10-5-3-4-9-15(16)18(21)22/h6-8,11,15-16H,2-5,9-10,12H2,1H3,(H,19,20)(H,21,22)/t15-,16+/m1/s1. The maximum Gasteiger partial charge on any atom is 0.308 e. The predicted octanol–water partition coefficient (Wildman–Crippen LogP) is 2.94. The van der Waals surface area contributed by atoms with Crippen LogP contribution in [0.1, 0.15) is 50.2 Å². The summed E-state index contributed by atoms with van der Waals surface area (Å²) in [5, 5.41) is 12.3. The highest BCUT2D eigenvalue weighted by Crippen LogP contribution is 2.24. The van der Waals surface area contributed by atoms with Crippen LogP contribution in [0.25, 0.3) is 0 Å². The number of carbonyl (C=O) groups excluding carboxylic acids is 1. The van der Waals surface area contributed by atoms with E-state index in [9.17, 15) is 14.7 Å². The molecule has 0 unspecified atom stereocenters. The van der Waals surface area contributed by atoms with E-state index in [0.717, 1.165) is 37.7 Å². The van der Waals surface area contributed by atoms with E-state index >= 15 is 0 Å². The highest BCUT2D eigenvalue weighted by molar-refractivity contribution is 5.80. The third-order valence-electron chi connectivity index (χ3n) is 4.44. The van der Waals surface area contributed by atoms with Gasteiger partial charge >= 0.3 is 5.97 Å². The van der Waals surface area contributed by atoms with E-state index in [1.807, 2.05) is 24.3 Å². The molecule has 1 amide bonds. The monoisotopic (exact) mass is 303 g/mol. The van der Waals surface area contributed by atoms with E-state index in [-0.39, 0.29) is 11.9 Å². The van der Waals surface area contributed by atoms with Crippen LogP contribution in [0.15, 0.2) is 24.3 Å². The second-order valence-electron chi connectivity index (χ2n) is 6.11. The summed E-state index contributed by atoms with van der Waals surface area (Å²) in [5.41, 5.74) is 2.19. The molecule has 0 radical (unpaired) electrons. The number of hydrogen-bond acceptors (Lipinski definition) is 2. The number of hydrogen-bond donors (Lipinski definition) is 2. The fraction of sp³-hybridized carbons (Fsp3) is 0.556. The number of nitrogens with one attached hydrogen (secondary N) is 1. The molecule has 22 heavy (non-hydrogen) atoms. The zero-order valence-electron chi connectivity index (χ0n) is 13.2. The molecule has 0 spiro atoms. The van der Waals surface area contributed by atoms with Crippen LogP contribution in [0.3, 0.4) is 0 Å². The van der Waals surface area contributed by atoms with Gasteiger partial charge in [0.05, 0.1) is 12.3 Å². The highest BCUT2D eigenvalue weighted by atomic mass is 16.4. The van der Waals surface area contributed by atoms with Gasteiger partial charge in [-0.1, -0.05) is 50.5 Å². The fourth-order valence-electron chi connectivity index (χ4n) is 3.18. The van der Waals surface area contributed by atoms with Crippen molar-refractivity contribution in [1.82, 2.24) is 5.32 Å². The number of amides is 1. The van der Waals surface area contributed by atoms with Crippen LogP contribution in [0.5, 0.6) is 0 Å². The zero-order valence-corrected chi connectivity index (χ0v) is 13.2. The van der Waals surface area contributed by atoms with E-state index in [0.29, 0.717) is 12.8 Å². The van der Waals surface area contributed by atoms with Crippen molar-refractivity contribution in [2.24, 2.45) is 5.92 Å². The number of carbonyl (C=O) groups is 2. The van der Waals surface area contributed by atoms with Gasteiger partial charge in [-0.25, -0.2) is 0 Å². The Kier molecular flexibility index (Phi) is 5.99. The maximum atomic E-state index is 12.3. The second kappa shape index (κ2) is 7.97. The lowest BCUT2D eigenvalue weighted by Gasteiger charge is -2.23. The molecule has 1 aliphatic carbocycles. The summed E-state index contributed by atoms with van der Waals surface area (Å²) in [5.74, 6) is -1.32. The van der Waals surface area contributed by atoms with Crippen molar-refractivity contribution in [3.8, 4) is 0 Å². The molecular weight excluding hydrogens is 278 g/mol. The summed E-state index contributed by atoms with van der Waals surface area (Å²) in [4.78, 5) is 23.6. The van der Waals surface area contributed by atoms with Crippen LogP contribution in [-0.4, -0.2) is 23.0 Å². The van der Waals surface area contributed by atoms with Crippen molar-refractivity contribution >= 4 is 11.9 Å². The number of carboxylic acid groups (broad SMARTS) is 1. The van der Waals surface area contributed by atoms with E-state index in [1.165, 1.54) is 5.56 Å². The molecule has 2 atom stereocenters. The SMILES string of the molecule is CCc1cccc(CC(=O)N[C@H]2CCCCC[C@H]2C(=O)O)c1. The Morgan fingerprint density at radius 3 is 2.64 bits per heavy atom. The van der Waals surface area contributed by atoms with Gasteiger partial charge in [0.15, 0.2) is 0 Å². The first-order valence-corrected chi connectivity index (χ1v) is 8.20. The maximum absolute atomic E-state index is 12.3. The zero-order chi connectivity index (χ0) is 15.9. The average Bonchev–Trinajstić information content (AvgIpc) is 2.72. The summed E-state index contributed by atoms with van der Waals surface area (Å²) >= 11 is 0. The molecule has 1 aliphatic rings. The lowest BCUT2D eigenvalue weighted by molar-refractivity contribution is -0.143. The quantitative estimate of drug-likeness (QED) is 0.822. The summed E-state index contributed by atoms with van der Waals surface area (Å²) in [6.07, 6.45) is 5.65. The summed E-state index contributed by atoms with van der Waals surface area (Å²) < 4.78 is 0. The summed E-state index contributed by atoms with van der Waals surface area (Å²) in [7, 11) is 0. The first-order chi connectivity index (χ1) is 10.6. The van der Waals surface area contributed by atoms with Crippen LogP contribution in [-0.2, 0) is 22.4 Å². The number of carboxylic acids is 1. The third kappa shape index (κ3) is 4.58. The van der Waals surface area contributed by atoms with Crippen molar-refractivity contribution in [2.75, 3.05) is 0 Å². The molecule has 0 aliphatic heterocycles. The lowest BCUT2D eigenvalue weighted by Crippen LogP contribution is -2.43. The Morgan fingerprint density at radius 1 is 1.18 bits per heavy atom. The minimum atomic E-state index is -0.791. The highest BCUT2D eigenvalue weighted by Gasteiger charge is 2.30. The van der Waals surface area contributed by atoms with Crippen LogP contribution < -0.4 is 5.32 Å². The number of aryl methyl sites for hydroxylation is 1. The van der Waals surface area contributed by atoms with E-state index in [4.69, 9.17) is 0 Å². The summed E-state index contributed by atoms with van der Waals surface area (Å²) in [6, 6.07) is 7.77. The molecule has 0 heterocycles. The molecule has 1 fully saturated rings. The lowest BCUT2D eigenvalue weighted by atomic mass is 9.94. The largest absolute Gasteiger partial charge is 0.481 e. The first-order valence-electron chi connectivity index (χ1n) is 8.20. The molecule has 120 valence electrons. The molecule has 0 bridgehead atoms. The second-order valence-corrected chi connectivity index (χ2v) is 6.11. The molecule has 1 aromatic carbocycles. The Hall–Kier alpha value is -1.84. The smallest absolute Gasteiger partial charge is 0.308 e. The van der Waals surface area contributed by atoms with Gasteiger partial charge in [0.25, 0.3) is 0 Å². The van der Waals surface area contributed by atoms with Gasteiger partial charge < -0.3 is 10.4 Å². The van der Waals surface area contributed by atoms with Gasteiger partial charge in [0.1, 0.15) is 0 Å². The molecule has 1 aromatic rings. The van der Waals surface area contributed by atoms with Crippen LogP contribution >= 0.6 is 0 Å². The van der Waals surface area contributed by atoms with E-state index in [2.05, 4.69) is 12.2 Å². The molecular formula is C18H25NO3. The van der Waals surface area contributed by atoms with Gasteiger partial charge in [-0.05, 0) is 30.4 Å². The number of aliphatic carboxylic acids is 1. The Balaban J connectivity index is 1.98. The molecule has 0 saturated heterocycles. The Bertz CT molecular complexity index is 527. The average molecular weight is 303 g/mol. The normalized spacial score (nSPS) is 21.9. The van der Waals surface area contributed by atoms with Gasteiger partial charge in [-0.3, -0.25) is 9.59 Å². The van der Waals surface area contributed by atoms with E-state index in [1.54, 1.807) is 0 Å². The molecule has 2 rings (SSSR count). The van der Waals surface area contributed by atoms with Gasteiger partial charge in [-0.2, -0.15) is 0 Å². The van der Waals surface area contributed by atoms with Crippen molar-refractivity contribution in [3.63, 3.8) is 0 Å². The minimum absolute atomic E-state index is 0.0774. The van der Waals surface area contributed by atoms with Gasteiger partial charge in [0, 0.05) is 6.04 Å². The van der Waals surface area contributed by atoms with Crippen molar-refractivity contribution in [1.29, 1.82) is 0 Å². The molecule has 4 heteroatoms. The van der Waals surface area contributed by atoms with Crippen LogP contribution in [0.2, 0.25) is 0 Å².